The highest BCUT2D eigenvalue weighted by Crippen LogP contribution is 2.02. The van der Waals surface area contributed by atoms with Gasteiger partial charge in [0, 0.05) is 6.04 Å². The molecule has 0 saturated heterocycles. The molecule has 2 N–H and O–H groups in total. The normalized spacial score (nSPS) is 14.2. The van der Waals surface area contributed by atoms with Gasteiger partial charge in [-0.1, -0.05) is 11.6 Å². The number of carbonyl (C=O) groups is 1. The van der Waals surface area contributed by atoms with Crippen molar-refractivity contribution >= 4 is 17.5 Å². The van der Waals surface area contributed by atoms with E-state index in [1.165, 1.54) is 12.4 Å². The van der Waals surface area contributed by atoms with Crippen LogP contribution in [0.15, 0.2) is 12.4 Å². The van der Waals surface area contributed by atoms with Gasteiger partial charge in [0.15, 0.2) is 0 Å². The third kappa shape index (κ3) is 4.12. The first-order valence-corrected chi connectivity index (χ1v) is 5.33. The molecule has 1 heterocycles. The van der Waals surface area contributed by atoms with Crippen molar-refractivity contribution in [3.63, 3.8) is 0 Å². The van der Waals surface area contributed by atoms with Crippen molar-refractivity contribution in [2.24, 2.45) is 0 Å². The molecule has 2 atom stereocenters. The van der Waals surface area contributed by atoms with Gasteiger partial charge < -0.3 is 10.4 Å². The Morgan fingerprint density at radius 3 is 2.69 bits per heavy atom. The van der Waals surface area contributed by atoms with E-state index in [0.717, 1.165) is 0 Å². The van der Waals surface area contributed by atoms with E-state index in [4.69, 9.17) is 16.7 Å². The highest BCUT2D eigenvalue weighted by molar-refractivity contribution is 6.29. The van der Waals surface area contributed by atoms with E-state index in [9.17, 15) is 4.79 Å². The van der Waals surface area contributed by atoms with E-state index in [0.29, 0.717) is 6.42 Å². The average Bonchev–Trinajstić information content (AvgIpc) is 2.16. The van der Waals surface area contributed by atoms with Crippen LogP contribution in [-0.2, 0) is 0 Å². The van der Waals surface area contributed by atoms with Crippen LogP contribution in [0.2, 0.25) is 5.15 Å². The van der Waals surface area contributed by atoms with Crippen LogP contribution in [0.5, 0.6) is 0 Å². The molecule has 0 aliphatic rings. The molecule has 2 unspecified atom stereocenters. The summed E-state index contributed by atoms with van der Waals surface area (Å²) in [5, 5.41) is 12.1. The quantitative estimate of drug-likeness (QED) is 0.828. The van der Waals surface area contributed by atoms with Crippen molar-refractivity contribution in [3.8, 4) is 0 Å². The predicted octanol–water partition coefficient (Wildman–Crippen LogP) is 1.02. The largest absolute Gasteiger partial charge is 0.393 e. The molecule has 1 amide bonds. The zero-order chi connectivity index (χ0) is 12.1. The summed E-state index contributed by atoms with van der Waals surface area (Å²) in [5.41, 5.74) is 0.210. The summed E-state index contributed by atoms with van der Waals surface area (Å²) in [7, 11) is 0. The minimum Gasteiger partial charge on any atom is -0.393 e. The van der Waals surface area contributed by atoms with Crippen LogP contribution in [0.25, 0.3) is 0 Å². The first kappa shape index (κ1) is 12.9. The summed E-state index contributed by atoms with van der Waals surface area (Å²) in [6.45, 7) is 3.48. The maximum Gasteiger partial charge on any atom is 0.271 e. The number of nitrogens with zero attached hydrogens (tertiary/aromatic N) is 2. The van der Waals surface area contributed by atoms with Crippen molar-refractivity contribution in [1.29, 1.82) is 0 Å². The fraction of sp³-hybridized carbons (Fsp3) is 0.500. The highest BCUT2D eigenvalue weighted by atomic mass is 35.5. The van der Waals surface area contributed by atoms with Crippen LogP contribution < -0.4 is 5.32 Å². The third-order valence-electron chi connectivity index (χ3n) is 1.93. The maximum atomic E-state index is 11.6. The lowest BCUT2D eigenvalue weighted by Gasteiger charge is -2.14. The first-order chi connectivity index (χ1) is 7.49. The minimum atomic E-state index is -0.452. The van der Waals surface area contributed by atoms with Crippen LogP contribution in [0, 0.1) is 0 Å². The number of amides is 1. The second-order valence-electron chi connectivity index (χ2n) is 3.68. The Morgan fingerprint density at radius 1 is 1.50 bits per heavy atom. The Hall–Kier alpha value is -1.20. The van der Waals surface area contributed by atoms with E-state index in [1.807, 2.05) is 6.92 Å². The number of carbonyl (C=O) groups excluding carboxylic acids is 1. The number of rotatable bonds is 4. The molecule has 0 aliphatic carbocycles. The van der Waals surface area contributed by atoms with Crippen LogP contribution in [-0.4, -0.2) is 33.1 Å². The molecule has 1 aromatic rings. The van der Waals surface area contributed by atoms with E-state index < -0.39 is 6.10 Å². The van der Waals surface area contributed by atoms with Crippen LogP contribution in [0.1, 0.15) is 30.8 Å². The average molecular weight is 244 g/mol. The predicted molar refractivity (Wildman–Crippen MR) is 60.3 cm³/mol. The van der Waals surface area contributed by atoms with E-state index in [-0.39, 0.29) is 22.8 Å². The molecule has 1 aromatic heterocycles. The Kier molecular flexibility index (Phi) is 4.64. The molecule has 0 bridgehead atoms. The van der Waals surface area contributed by atoms with Gasteiger partial charge in [0.25, 0.3) is 5.91 Å². The molecule has 6 heteroatoms. The number of nitrogens with one attached hydrogen (secondary N) is 1. The number of halogens is 1. The molecule has 0 aromatic carbocycles. The lowest BCUT2D eigenvalue weighted by Crippen LogP contribution is -2.35. The van der Waals surface area contributed by atoms with Crippen LogP contribution in [0.3, 0.4) is 0 Å². The molecule has 0 aliphatic heterocycles. The summed E-state index contributed by atoms with van der Waals surface area (Å²) in [6, 6.07) is -0.120. The zero-order valence-corrected chi connectivity index (χ0v) is 9.90. The fourth-order valence-electron chi connectivity index (χ4n) is 1.30. The maximum absolute atomic E-state index is 11.6. The lowest BCUT2D eigenvalue weighted by molar-refractivity contribution is 0.0917. The minimum absolute atomic E-state index is 0.120. The van der Waals surface area contributed by atoms with Gasteiger partial charge in [-0.3, -0.25) is 4.79 Å². The standard InChI is InChI=1S/C10H14ClN3O2/c1-6(3-7(2)15)14-10(16)8-4-13-9(11)5-12-8/h4-7,15H,3H2,1-2H3,(H,14,16). The number of aliphatic hydroxyl groups excluding tert-OH is 1. The second-order valence-corrected chi connectivity index (χ2v) is 4.07. The molecule has 0 fully saturated rings. The SMILES string of the molecule is CC(O)CC(C)NC(=O)c1cnc(Cl)cn1. The Balaban J connectivity index is 2.55. The number of hydrogen-bond acceptors (Lipinski definition) is 4. The fourth-order valence-corrected chi connectivity index (χ4v) is 1.40. The Labute approximate surface area is 98.9 Å². The van der Waals surface area contributed by atoms with Gasteiger partial charge in [0.1, 0.15) is 10.8 Å². The summed E-state index contributed by atoms with van der Waals surface area (Å²) in [4.78, 5) is 19.2. The number of aliphatic hydroxyl groups is 1. The van der Waals surface area contributed by atoms with Crippen molar-refractivity contribution in [3.05, 3.63) is 23.2 Å². The van der Waals surface area contributed by atoms with E-state index in [1.54, 1.807) is 6.92 Å². The third-order valence-corrected chi connectivity index (χ3v) is 2.12. The van der Waals surface area contributed by atoms with Crippen molar-refractivity contribution < 1.29 is 9.90 Å². The van der Waals surface area contributed by atoms with Gasteiger partial charge in [-0.15, -0.1) is 0 Å². The molecular weight excluding hydrogens is 230 g/mol. The highest BCUT2D eigenvalue weighted by Gasteiger charge is 2.12. The first-order valence-electron chi connectivity index (χ1n) is 4.95. The van der Waals surface area contributed by atoms with Gasteiger partial charge in [0.05, 0.1) is 18.5 Å². The van der Waals surface area contributed by atoms with Crippen molar-refractivity contribution in [2.45, 2.75) is 32.4 Å². The lowest BCUT2D eigenvalue weighted by atomic mass is 10.1. The summed E-state index contributed by atoms with van der Waals surface area (Å²) >= 11 is 5.55. The summed E-state index contributed by atoms with van der Waals surface area (Å²) in [6.07, 6.45) is 2.67. The van der Waals surface area contributed by atoms with Gasteiger partial charge in [-0.2, -0.15) is 0 Å². The molecular formula is C10H14ClN3O2. The summed E-state index contributed by atoms with van der Waals surface area (Å²) < 4.78 is 0. The Morgan fingerprint density at radius 2 is 2.19 bits per heavy atom. The Bertz CT molecular complexity index is 354. The topological polar surface area (TPSA) is 75.1 Å². The molecule has 5 nitrogen and oxygen atoms in total. The molecule has 0 saturated carbocycles. The van der Waals surface area contributed by atoms with Gasteiger partial charge in [-0.05, 0) is 20.3 Å². The molecule has 0 radical (unpaired) electrons. The molecule has 1 rings (SSSR count). The van der Waals surface area contributed by atoms with E-state index >= 15 is 0 Å². The monoisotopic (exact) mass is 243 g/mol. The van der Waals surface area contributed by atoms with Gasteiger partial charge in [0.2, 0.25) is 0 Å². The van der Waals surface area contributed by atoms with Gasteiger partial charge >= 0.3 is 0 Å². The molecule has 0 spiro atoms. The van der Waals surface area contributed by atoms with Crippen molar-refractivity contribution in [2.75, 3.05) is 0 Å². The summed E-state index contributed by atoms with van der Waals surface area (Å²) in [5.74, 6) is -0.322. The van der Waals surface area contributed by atoms with Gasteiger partial charge in [-0.25, -0.2) is 9.97 Å². The molecule has 88 valence electrons. The number of hydrogen-bond donors (Lipinski definition) is 2. The van der Waals surface area contributed by atoms with Crippen LogP contribution in [0.4, 0.5) is 0 Å². The zero-order valence-electron chi connectivity index (χ0n) is 9.14. The molecule has 16 heavy (non-hydrogen) atoms. The van der Waals surface area contributed by atoms with E-state index in [2.05, 4.69) is 15.3 Å². The van der Waals surface area contributed by atoms with Crippen LogP contribution >= 0.6 is 11.6 Å². The van der Waals surface area contributed by atoms with Crippen molar-refractivity contribution in [1.82, 2.24) is 15.3 Å². The second kappa shape index (κ2) is 5.77. The number of aromatic nitrogens is 2. The smallest absolute Gasteiger partial charge is 0.271 e.